The van der Waals surface area contributed by atoms with Crippen molar-refractivity contribution in [3.63, 3.8) is 0 Å². The van der Waals surface area contributed by atoms with Gasteiger partial charge in [0, 0.05) is 6.42 Å². The third-order valence-electron chi connectivity index (χ3n) is 9.34. The number of hydrogen-bond donors (Lipinski definition) is 0. The largest absolute Gasteiger partial charge is 0.462 e. The number of rotatable bonds is 35. The molecule has 0 heterocycles. The van der Waals surface area contributed by atoms with E-state index in [1.807, 2.05) is 40.1 Å². The van der Waals surface area contributed by atoms with E-state index in [0.29, 0.717) is 19.6 Å². The van der Waals surface area contributed by atoms with Crippen LogP contribution in [0.1, 0.15) is 182 Å². The van der Waals surface area contributed by atoms with Gasteiger partial charge < -0.3 is 19.1 Å². The topological polar surface area (TPSA) is 82.1 Å². The van der Waals surface area contributed by atoms with Crippen LogP contribution in [-0.2, 0) is 28.6 Å². The number of nitrogens with zero attached hydrogens (tertiary/aromatic N) is 1. The highest BCUT2D eigenvalue weighted by molar-refractivity contribution is 5.72. The molecule has 0 N–H and O–H groups in total. The van der Waals surface area contributed by atoms with Crippen molar-refractivity contribution >= 4 is 17.9 Å². The fraction of sp³-hybridized carbons (Fsp3) is 0.837. The van der Waals surface area contributed by atoms with E-state index in [9.17, 15) is 14.4 Å². The van der Waals surface area contributed by atoms with Gasteiger partial charge in [0.2, 0.25) is 0 Å². The van der Waals surface area contributed by atoms with Crippen LogP contribution in [-0.4, -0.2) is 62.8 Å². The summed E-state index contributed by atoms with van der Waals surface area (Å²) in [5.41, 5.74) is 0. The van der Waals surface area contributed by atoms with Crippen molar-refractivity contribution in [3.8, 4) is 0 Å². The molecule has 292 valence electrons. The lowest BCUT2D eigenvalue weighted by Crippen LogP contribution is -2.20. The van der Waals surface area contributed by atoms with E-state index >= 15 is 0 Å². The second-order valence-corrected chi connectivity index (χ2v) is 14.7. The van der Waals surface area contributed by atoms with E-state index < -0.39 is 0 Å². The van der Waals surface area contributed by atoms with E-state index in [1.165, 1.54) is 38.5 Å². The molecule has 7 nitrogen and oxygen atoms in total. The number of esters is 3. The molecular formula is C43H79NO6. The molecule has 0 radical (unpaired) electrons. The summed E-state index contributed by atoms with van der Waals surface area (Å²) in [5.74, 6) is -0.374. The predicted molar refractivity (Wildman–Crippen MR) is 209 cm³/mol. The highest BCUT2D eigenvalue weighted by atomic mass is 16.5. The van der Waals surface area contributed by atoms with Gasteiger partial charge in [0.05, 0.1) is 11.8 Å². The van der Waals surface area contributed by atoms with Crippen molar-refractivity contribution in [2.75, 3.05) is 33.9 Å². The molecule has 7 heteroatoms. The van der Waals surface area contributed by atoms with Gasteiger partial charge in [-0.15, -0.1) is 0 Å². The third-order valence-corrected chi connectivity index (χ3v) is 9.34. The number of allylic oxidation sites excluding steroid dienone is 2. The van der Waals surface area contributed by atoms with Crippen molar-refractivity contribution < 1.29 is 28.6 Å². The van der Waals surface area contributed by atoms with Gasteiger partial charge in [-0.05, 0) is 91.3 Å². The molecule has 0 spiro atoms. The van der Waals surface area contributed by atoms with E-state index in [-0.39, 0.29) is 35.8 Å². The highest BCUT2D eigenvalue weighted by Gasteiger charge is 2.16. The Hall–Kier alpha value is -2.15. The Bertz CT molecular complexity index is 813. The number of hydrogen-bond acceptors (Lipinski definition) is 7. The second kappa shape index (κ2) is 35.3. The quantitative estimate of drug-likeness (QED) is 0.0281. The highest BCUT2D eigenvalue weighted by Crippen LogP contribution is 2.19. The number of carbonyl (C=O) groups excluding carboxylic acids is 3. The molecule has 50 heavy (non-hydrogen) atoms. The van der Waals surface area contributed by atoms with Crippen LogP contribution < -0.4 is 0 Å². The average Bonchev–Trinajstić information content (AvgIpc) is 3.09. The lowest BCUT2D eigenvalue weighted by atomic mass is 9.99. The fourth-order valence-electron chi connectivity index (χ4n) is 5.93. The second-order valence-electron chi connectivity index (χ2n) is 14.7. The van der Waals surface area contributed by atoms with E-state index in [1.54, 1.807) is 0 Å². The molecule has 0 saturated heterocycles. The molecule has 0 aromatic rings. The van der Waals surface area contributed by atoms with E-state index in [0.717, 1.165) is 116 Å². The summed E-state index contributed by atoms with van der Waals surface area (Å²) in [4.78, 5) is 39.2. The van der Waals surface area contributed by atoms with Crippen LogP contribution >= 0.6 is 0 Å². The maximum absolute atomic E-state index is 12.6. The predicted octanol–water partition coefficient (Wildman–Crippen LogP) is 11.3. The Kier molecular flexibility index (Phi) is 33.7. The summed E-state index contributed by atoms with van der Waals surface area (Å²) < 4.78 is 16.8. The molecule has 0 aromatic carbocycles. The number of carbonyl (C=O) groups is 3. The Morgan fingerprint density at radius 1 is 0.540 bits per heavy atom. The molecule has 0 saturated carbocycles. The lowest BCUT2D eigenvalue weighted by Gasteiger charge is -2.19. The van der Waals surface area contributed by atoms with Crippen LogP contribution in [0.5, 0.6) is 0 Å². The third kappa shape index (κ3) is 31.8. The maximum atomic E-state index is 12.6. The van der Waals surface area contributed by atoms with Crippen LogP contribution in [0.15, 0.2) is 24.3 Å². The standard InChI is InChI=1S/C43H79NO6/c1-7-9-11-13-21-27-36-48-42(46)38(3)30-23-17-15-19-25-32-40(50-41(45)34-29-35-44(5)6)33-26-20-16-18-24-31-39(4)43(47)49-37-28-22-14-12-10-8-2/h21-22,27-28,38-40H,7-20,23-26,29-37H2,1-6H3/b27-21-,28-22-. The molecule has 0 fully saturated rings. The average molecular weight is 706 g/mol. The summed E-state index contributed by atoms with van der Waals surface area (Å²) in [6, 6.07) is 0. The molecule has 0 bridgehead atoms. The SMILES string of the molecule is CCCCC/C=C\COC(=O)C(C)CCCCCCCC(CCCCCCCC(C)C(=O)OC/C=C\CCCCC)OC(=O)CCCN(C)C. The lowest BCUT2D eigenvalue weighted by molar-refractivity contribution is -0.150. The monoisotopic (exact) mass is 706 g/mol. The first-order chi connectivity index (χ1) is 24.2. The normalized spacial score (nSPS) is 13.6. The van der Waals surface area contributed by atoms with Gasteiger partial charge in [-0.1, -0.05) is 129 Å². The summed E-state index contributed by atoms with van der Waals surface area (Å²) in [6.45, 7) is 9.99. The maximum Gasteiger partial charge on any atom is 0.308 e. The van der Waals surface area contributed by atoms with Gasteiger partial charge in [-0.25, -0.2) is 0 Å². The van der Waals surface area contributed by atoms with Crippen molar-refractivity contribution in [2.45, 2.75) is 188 Å². The molecule has 2 atom stereocenters. The van der Waals surface area contributed by atoms with E-state index in [4.69, 9.17) is 14.2 Å². The van der Waals surface area contributed by atoms with Gasteiger partial charge in [0.1, 0.15) is 19.3 Å². The number of ether oxygens (including phenoxy) is 3. The van der Waals surface area contributed by atoms with Crippen LogP contribution in [0.3, 0.4) is 0 Å². The van der Waals surface area contributed by atoms with Crippen LogP contribution in [0.4, 0.5) is 0 Å². The molecule has 0 aliphatic carbocycles. The zero-order chi connectivity index (χ0) is 37.1. The Balaban J connectivity index is 4.26. The first-order valence-electron chi connectivity index (χ1n) is 20.7. The van der Waals surface area contributed by atoms with Crippen LogP contribution in [0.25, 0.3) is 0 Å². The first kappa shape index (κ1) is 47.8. The molecule has 2 unspecified atom stereocenters. The van der Waals surface area contributed by atoms with Crippen molar-refractivity contribution in [3.05, 3.63) is 24.3 Å². The smallest absolute Gasteiger partial charge is 0.308 e. The Labute approximate surface area is 308 Å². The van der Waals surface area contributed by atoms with Gasteiger partial charge in [0.25, 0.3) is 0 Å². The minimum absolute atomic E-state index is 0.00664. The zero-order valence-corrected chi connectivity index (χ0v) is 33.5. The van der Waals surface area contributed by atoms with E-state index in [2.05, 4.69) is 30.9 Å². The summed E-state index contributed by atoms with van der Waals surface area (Å²) in [6.07, 6.45) is 33.3. The molecule has 0 amide bonds. The Morgan fingerprint density at radius 2 is 0.960 bits per heavy atom. The van der Waals surface area contributed by atoms with Crippen molar-refractivity contribution in [1.82, 2.24) is 4.90 Å². The van der Waals surface area contributed by atoms with Gasteiger partial charge in [-0.3, -0.25) is 14.4 Å². The first-order valence-corrected chi connectivity index (χ1v) is 20.7. The Morgan fingerprint density at radius 3 is 1.38 bits per heavy atom. The summed E-state index contributed by atoms with van der Waals surface area (Å²) >= 11 is 0. The van der Waals surface area contributed by atoms with Gasteiger partial charge in [0.15, 0.2) is 0 Å². The fourth-order valence-corrected chi connectivity index (χ4v) is 5.93. The molecule has 0 rings (SSSR count). The summed E-state index contributed by atoms with van der Waals surface area (Å²) in [7, 11) is 4.05. The molecule has 0 aromatic heterocycles. The number of unbranched alkanes of at least 4 members (excludes halogenated alkanes) is 14. The van der Waals surface area contributed by atoms with Gasteiger partial charge >= 0.3 is 17.9 Å². The molecule has 0 aliphatic rings. The minimum atomic E-state index is -0.0929. The molecule has 0 aliphatic heterocycles. The zero-order valence-electron chi connectivity index (χ0n) is 33.5. The minimum Gasteiger partial charge on any atom is -0.462 e. The van der Waals surface area contributed by atoms with Crippen molar-refractivity contribution in [2.24, 2.45) is 11.8 Å². The van der Waals surface area contributed by atoms with Crippen LogP contribution in [0.2, 0.25) is 0 Å². The van der Waals surface area contributed by atoms with Gasteiger partial charge in [-0.2, -0.15) is 0 Å². The summed E-state index contributed by atoms with van der Waals surface area (Å²) in [5, 5.41) is 0. The molecular weight excluding hydrogens is 626 g/mol. The van der Waals surface area contributed by atoms with Crippen molar-refractivity contribution in [1.29, 1.82) is 0 Å². The van der Waals surface area contributed by atoms with Crippen LogP contribution in [0, 0.1) is 11.8 Å².